The van der Waals surface area contributed by atoms with Gasteiger partial charge in [-0.05, 0) is 86.3 Å². The first-order chi connectivity index (χ1) is 21.4. The van der Waals surface area contributed by atoms with E-state index in [9.17, 15) is 28.0 Å². The van der Waals surface area contributed by atoms with Gasteiger partial charge in [-0.3, -0.25) is 4.79 Å². The number of hydrogen-bond acceptors (Lipinski definition) is 9. The van der Waals surface area contributed by atoms with E-state index in [0.717, 1.165) is 0 Å². The number of pyridine rings is 1. The molecular weight excluding hydrogens is 591 g/mol. The highest BCUT2D eigenvalue weighted by Gasteiger charge is 2.52. The van der Waals surface area contributed by atoms with E-state index in [1.54, 1.807) is 51.1 Å². The lowest BCUT2D eigenvalue weighted by Crippen LogP contribution is -2.54. The molecule has 10 nitrogen and oxygen atoms in total. The number of alkyl halides is 3. The van der Waals surface area contributed by atoms with Gasteiger partial charge in [0.1, 0.15) is 5.82 Å². The molecule has 0 bridgehead atoms. The Morgan fingerprint density at radius 2 is 1.82 bits per heavy atom. The molecule has 0 aliphatic rings. The average Bonchev–Trinajstić information content (AvgIpc) is 3.00. The third kappa shape index (κ3) is 7.53. The number of carbonyl (C=O) groups excluding carboxylic acids is 2. The molecule has 4 aromatic rings. The molecule has 13 heteroatoms. The Labute approximate surface area is 256 Å². The number of halogens is 3. The summed E-state index contributed by atoms with van der Waals surface area (Å²) in [6.07, 6.45) is -4.29. The lowest BCUT2D eigenvalue weighted by atomic mass is 9.99. The number of fused-ring (bicyclic) bond motifs is 1. The first kappa shape index (κ1) is 32.4. The number of ether oxygens (including phenoxy) is 3. The van der Waals surface area contributed by atoms with E-state index in [4.69, 9.17) is 19.9 Å². The zero-order valence-corrected chi connectivity index (χ0v) is 24.6. The van der Waals surface area contributed by atoms with Crippen LogP contribution in [0.1, 0.15) is 37.5 Å². The summed E-state index contributed by atoms with van der Waals surface area (Å²) in [6, 6.07) is 18.4. The van der Waals surface area contributed by atoms with Crippen LogP contribution in [0.4, 0.5) is 24.7 Å². The number of nitriles is 1. The number of anilines is 2. The summed E-state index contributed by atoms with van der Waals surface area (Å²) >= 11 is 0. The quantitative estimate of drug-likeness (QED) is 0.145. The lowest BCUT2D eigenvalue weighted by molar-refractivity contribution is -0.213. The Morgan fingerprint density at radius 3 is 2.51 bits per heavy atom. The minimum absolute atomic E-state index is 0.102. The second-order valence-electron chi connectivity index (χ2n) is 10.1. The van der Waals surface area contributed by atoms with Gasteiger partial charge in [0.2, 0.25) is 0 Å². The van der Waals surface area contributed by atoms with Crippen LogP contribution in [0.2, 0.25) is 0 Å². The molecule has 1 heterocycles. The van der Waals surface area contributed by atoms with E-state index in [-0.39, 0.29) is 47.8 Å². The summed E-state index contributed by atoms with van der Waals surface area (Å²) in [5, 5.41) is 15.7. The second-order valence-corrected chi connectivity index (χ2v) is 10.1. The molecule has 4 rings (SSSR count). The maximum atomic E-state index is 14.1. The van der Waals surface area contributed by atoms with Crippen molar-refractivity contribution in [1.82, 2.24) is 10.3 Å². The fourth-order valence-electron chi connectivity index (χ4n) is 4.47. The molecule has 0 saturated carbocycles. The number of esters is 1. The number of nitrogens with two attached hydrogens (primary N) is 1. The van der Waals surface area contributed by atoms with Crippen LogP contribution in [0.5, 0.6) is 11.5 Å². The average molecular weight is 622 g/mol. The summed E-state index contributed by atoms with van der Waals surface area (Å²) in [5.74, 6) is -3.18. The number of aromatic nitrogens is 1. The number of carbonyl (C=O) groups is 2. The van der Waals surface area contributed by atoms with Crippen LogP contribution in [0.25, 0.3) is 10.8 Å². The van der Waals surface area contributed by atoms with Gasteiger partial charge >= 0.3 is 12.1 Å². The molecule has 4 N–H and O–H groups in total. The maximum Gasteiger partial charge on any atom is 0.491 e. The molecule has 0 aliphatic carbocycles. The monoisotopic (exact) mass is 621 g/mol. The summed E-state index contributed by atoms with van der Waals surface area (Å²) in [6.45, 7) is 5.18. The molecule has 3 aromatic carbocycles. The standard InChI is InChI=1S/C32H30F3N5O5/c1-4-43-27-16-23(8-11-26(27)44-19(2)3)31(45-30(42)32(33,34)35,29(41)39-18-21-7-5-6-20(14-21)17-36)40-24-9-10-25-22(15-24)12-13-38-28(25)37/h5-16,19,40H,4,18H2,1-3H3,(H2,37,38)(H,39,41). The van der Waals surface area contributed by atoms with Crippen LogP contribution < -0.4 is 25.8 Å². The van der Waals surface area contributed by atoms with Crippen molar-refractivity contribution in [1.29, 1.82) is 5.26 Å². The first-order valence-corrected chi connectivity index (χ1v) is 13.8. The summed E-state index contributed by atoms with van der Waals surface area (Å²) in [5.41, 5.74) is 3.88. The van der Waals surface area contributed by atoms with Crippen molar-refractivity contribution in [2.75, 3.05) is 17.7 Å². The predicted octanol–water partition coefficient (Wildman–Crippen LogP) is 5.56. The van der Waals surface area contributed by atoms with Crippen molar-refractivity contribution in [2.24, 2.45) is 0 Å². The minimum atomic E-state index is -5.46. The van der Waals surface area contributed by atoms with Crippen molar-refractivity contribution >= 4 is 34.2 Å². The van der Waals surface area contributed by atoms with E-state index in [0.29, 0.717) is 21.9 Å². The smallest absolute Gasteiger partial charge is 0.490 e. The predicted molar refractivity (Wildman–Crippen MR) is 160 cm³/mol. The van der Waals surface area contributed by atoms with Gasteiger partial charge in [0.15, 0.2) is 11.5 Å². The first-order valence-electron chi connectivity index (χ1n) is 13.8. The Bertz CT molecular complexity index is 1760. The highest BCUT2D eigenvalue weighted by molar-refractivity contribution is 5.95. The molecule has 0 saturated heterocycles. The number of hydrogen-bond donors (Lipinski definition) is 3. The fourth-order valence-corrected chi connectivity index (χ4v) is 4.47. The van der Waals surface area contributed by atoms with Crippen LogP contribution in [-0.4, -0.2) is 35.7 Å². The SMILES string of the molecule is CCOc1cc(C(Nc2ccc3c(N)nccc3c2)(OC(=O)C(F)(F)F)C(=O)NCc2cccc(C#N)c2)ccc1OC(C)C. The van der Waals surface area contributed by atoms with Crippen LogP contribution in [0.15, 0.2) is 72.9 Å². The Morgan fingerprint density at radius 1 is 1.04 bits per heavy atom. The highest BCUT2D eigenvalue weighted by atomic mass is 19.4. The largest absolute Gasteiger partial charge is 0.491 e. The third-order valence-corrected chi connectivity index (χ3v) is 6.43. The summed E-state index contributed by atoms with van der Waals surface area (Å²) in [7, 11) is 0. The van der Waals surface area contributed by atoms with Crippen LogP contribution in [-0.2, 0) is 26.6 Å². The van der Waals surface area contributed by atoms with Gasteiger partial charge < -0.3 is 30.6 Å². The van der Waals surface area contributed by atoms with Crippen molar-refractivity contribution in [2.45, 2.75) is 45.3 Å². The van der Waals surface area contributed by atoms with Gasteiger partial charge in [-0.15, -0.1) is 0 Å². The Kier molecular flexibility index (Phi) is 9.66. The Hall–Kier alpha value is -5.51. The topological polar surface area (TPSA) is 149 Å². The molecule has 0 radical (unpaired) electrons. The molecule has 0 spiro atoms. The molecule has 0 fully saturated rings. The molecule has 0 aliphatic heterocycles. The number of nitrogens with zero attached hydrogens (tertiary/aromatic N) is 2. The van der Waals surface area contributed by atoms with Crippen molar-refractivity contribution in [3.05, 3.63) is 89.6 Å². The number of benzene rings is 3. The third-order valence-electron chi connectivity index (χ3n) is 6.43. The number of rotatable bonds is 11. The molecule has 1 atom stereocenters. The van der Waals surface area contributed by atoms with Gasteiger partial charge in [0, 0.05) is 29.4 Å². The van der Waals surface area contributed by atoms with Crippen LogP contribution >= 0.6 is 0 Å². The molecule has 1 unspecified atom stereocenters. The summed E-state index contributed by atoms with van der Waals surface area (Å²) in [4.78, 5) is 30.7. The second kappa shape index (κ2) is 13.4. The van der Waals surface area contributed by atoms with Gasteiger partial charge in [0.05, 0.1) is 24.3 Å². The number of amides is 1. The van der Waals surface area contributed by atoms with E-state index >= 15 is 0 Å². The van der Waals surface area contributed by atoms with Gasteiger partial charge in [-0.25, -0.2) is 9.78 Å². The normalized spacial score (nSPS) is 12.6. The number of nitrogen functional groups attached to an aromatic ring is 1. The van der Waals surface area contributed by atoms with E-state index < -0.39 is 23.8 Å². The van der Waals surface area contributed by atoms with Crippen molar-refractivity contribution in [3.8, 4) is 17.6 Å². The maximum absolute atomic E-state index is 14.1. The van der Waals surface area contributed by atoms with E-state index in [1.807, 2.05) is 6.07 Å². The van der Waals surface area contributed by atoms with Crippen LogP contribution in [0, 0.1) is 11.3 Å². The van der Waals surface area contributed by atoms with Gasteiger partial charge in [-0.2, -0.15) is 18.4 Å². The zero-order valence-electron chi connectivity index (χ0n) is 24.6. The van der Waals surface area contributed by atoms with E-state index in [1.165, 1.54) is 42.6 Å². The Balaban J connectivity index is 1.90. The molecular formula is C32H30F3N5O5. The zero-order chi connectivity index (χ0) is 32.8. The summed E-state index contributed by atoms with van der Waals surface area (Å²) < 4.78 is 57.9. The number of nitrogens with one attached hydrogen (secondary N) is 2. The molecule has 1 aromatic heterocycles. The van der Waals surface area contributed by atoms with Crippen molar-refractivity contribution < 1.29 is 37.0 Å². The van der Waals surface area contributed by atoms with Gasteiger partial charge in [0.25, 0.3) is 11.6 Å². The van der Waals surface area contributed by atoms with Gasteiger partial charge in [-0.1, -0.05) is 12.1 Å². The lowest BCUT2D eigenvalue weighted by Gasteiger charge is -2.34. The molecule has 234 valence electrons. The van der Waals surface area contributed by atoms with Crippen molar-refractivity contribution in [3.63, 3.8) is 0 Å². The fraction of sp³-hybridized carbons (Fsp3) is 0.250. The highest BCUT2D eigenvalue weighted by Crippen LogP contribution is 2.38. The molecule has 1 amide bonds. The van der Waals surface area contributed by atoms with Crippen LogP contribution in [0.3, 0.4) is 0 Å². The molecule has 45 heavy (non-hydrogen) atoms. The van der Waals surface area contributed by atoms with E-state index in [2.05, 4.69) is 15.6 Å². The minimum Gasteiger partial charge on any atom is -0.490 e.